The molecule has 2 aromatic carbocycles. The first-order valence-corrected chi connectivity index (χ1v) is 7.89. The van der Waals surface area contributed by atoms with Gasteiger partial charge in [-0.1, -0.05) is 0 Å². The molecule has 1 amide bonds. The first kappa shape index (κ1) is 17.3. The number of benzene rings is 2. The monoisotopic (exact) mass is 381 g/mol. The summed E-state index contributed by atoms with van der Waals surface area (Å²) in [7, 11) is 1.57. The van der Waals surface area contributed by atoms with Crippen LogP contribution in [0.5, 0.6) is 11.5 Å². The molecule has 0 aliphatic heterocycles. The molecular weight excluding hydrogens is 365 g/mol. The van der Waals surface area contributed by atoms with E-state index in [0.29, 0.717) is 36.6 Å². The molecule has 0 radical (unpaired) electrons. The van der Waals surface area contributed by atoms with Crippen molar-refractivity contribution in [3.8, 4) is 11.5 Å². The molecule has 0 bridgehead atoms. The Labute approximate surface area is 142 Å². The van der Waals surface area contributed by atoms with E-state index in [2.05, 4.69) is 21.2 Å². The molecule has 0 aliphatic rings. The SMILES string of the molecule is COc1ccc(C(=O)NCCCOc2ccc(F)cc2)cc1Br. The number of hydrogen-bond acceptors (Lipinski definition) is 3. The molecule has 4 nitrogen and oxygen atoms in total. The van der Waals surface area contributed by atoms with Gasteiger partial charge in [-0.15, -0.1) is 0 Å². The van der Waals surface area contributed by atoms with Crippen molar-refractivity contribution in [1.82, 2.24) is 5.32 Å². The molecule has 0 spiro atoms. The summed E-state index contributed by atoms with van der Waals surface area (Å²) >= 11 is 3.35. The molecule has 0 heterocycles. The molecule has 1 N–H and O–H groups in total. The normalized spacial score (nSPS) is 10.2. The van der Waals surface area contributed by atoms with Gasteiger partial charge < -0.3 is 14.8 Å². The number of nitrogens with one attached hydrogen (secondary N) is 1. The maximum Gasteiger partial charge on any atom is 0.251 e. The van der Waals surface area contributed by atoms with Crippen LogP contribution in [0.2, 0.25) is 0 Å². The lowest BCUT2D eigenvalue weighted by atomic mass is 10.2. The first-order valence-electron chi connectivity index (χ1n) is 7.10. The highest BCUT2D eigenvalue weighted by Gasteiger charge is 2.08. The van der Waals surface area contributed by atoms with Gasteiger partial charge in [0.05, 0.1) is 18.2 Å². The van der Waals surface area contributed by atoms with E-state index in [-0.39, 0.29) is 11.7 Å². The summed E-state index contributed by atoms with van der Waals surface area (Å²) in [5, 5.41) is 2.82. The number of carbonyl (C=O) groups is 1. The van der Waals surface area contributed by atoms with Crippen molar-refractivity contribution in [2.45, 2.75) is 6.42 Å². The van der Waals surface area contributed by atoms with Crippen LogP contribution in [0.4, 0.5) is 4.39 Å². The van der Waals surface area contributed by atoms with Crippen LogP contribution in [0, 0.1) is 5.82 Å². The Morgan fingerprint density at radius 3 is 2.61 bits per heavy atom. The average molecular weight is 382 g/mol. The van der Waals surface area contributed by atoms with Gasteiger partial charge in [-0.05, 0) is 64.8 Å². The van der Waals surface area contributed by atoms with Gasteiger partial charge in [0.2, 0.25) is 0 Å². The van der Waals surface area contributed by atoms with Crippen molar-refractivity contribution in [2.75, 3.05) is 20.3 Å². The Kier molecular flexibility index (Phi) is 6.40. The second-order valence-electron chi connectivity index (χ2n) is 4.76. The number of amides is 1. The maximum absolute atomic E-state index is 12.7. The second-order valence-corrected chi connectivity index (χ2v) is 5.62. The van der Waals surface area contributed by atoms with Crippen LogP contribution in [-0.4, -0.2) is 26.2 Å². The molecule has 0 atom stereocenters. The van der Waals surface area contributed by atoms with Crippen molar-refractivity contribution >= 4 is 21.8 Å². The number of methoxy groups -OCH3 is 1. The van der Waals surface area contributed by atoms with Crippen molar-refractivity contribution < 1.29 is 18.7 Å². The molecule has 0 fully saturated rings. The Bertz CT molecular complexity index is 661. The van der Waals surface area contributed by atoms with E-state index in [1.807, 2.05) is 0 Å². The molecule has 2 rings (SSSR count). The minimum Gasteiger partial charge on any atom is -0.496 e. The summed E-state index contributed by atoms with van der Waals surface area (Å²) in [6, 6.07) is 11.0. The van der Waals surface area contributed by atoms with Crippen molar-refractivity contribution in [1.29, 1.82) is 0 Å². The summed E-state index contributed by atoms with van der Waals surface area (Å²) in [5.74, 6) is 0.830. The minimum atomic E-state index is -0.296. The highest BCUT2D eigenvalue weighted by atomic mass is 79.9. The van der Waals surface area contributed by atoms with Crippen LogP contribution in [0.1, 0.15) is 16.8 Å². The maximum atomic E-state index is 12.7. The lowest BCUT2D eigenvalue weighted by Crippen LogP contribution is -2.25. The fourth-order valence-electron chi connectivity index (χ4n) is 1.90. The van der Waals surface area contributed by atoms with Gasteiger partial charge in [-0.2, -0.15) is 0 Å². The number of carbonyl (C=O) groups excluding carboxylic acids is 1. The van der Waals surface area contributed by atoms with E-state index < -0.39 is 0 Å². The smallest absolute Gasteiger partial charge is 0.251 e. The average Bonchev–Trinajstić information content (AvgIpc) is 2.56. The van der Waals surface area contributed by atoms with E-state index in [1.165, 1.54) is 12.1 Å². The lowest BCUT2D eigenvalue weighted by Gasteiger charge is -2.09. The summed E-state index contributed by atoms with van der Waals surface area (Å²) in [6.45, 7) is 0.932. The zero-order chi connectivity index (χ0) is 16.7. The second kappa shape index (κ2) is 8.53. The van der Waals surface area contributed by atoms with Crippen molar-refractivity contribution in [3.63, 3.8) is 0 Å². The molecule has 2 aromatic rings. The summed E-state index contributed by atoms with van der Waals surface area (Å²) < 4.78 is 24.0. The molecule has 0 aliphatic carbocycles. The molecular formula is C17H17BrFNO3. The number of ether oxygens (including phenoxy) is 2. The molecule has 122 valence electrons. The third kappa shape index (κ3) is 5.25. The first-order chi connectivity index (χ1) is 11.1. The molecule has 0 unspecified atom stereocenters. The van der Waals surface area contributed by atoms with Gasteiger partial charge in [0.15, 0.2) is 0 Å². The van der Waals surface area contributed by atoms with Crippen LogP contribution in [0.25, 0.3) is 0 Å². The molecule has 0 saturated heterocycles. The molecule has 6 heteroatoms. The van der Waals surface area contributed by atoms with Crippen LogP contribution >= 0.6 is 15.9 Å². The Morgan fingerprint density at radius 1 is 1.22 bits per heavy atom. The van der Waals surface area contributed by atoms with Crippen LogP contribution < -0.4 is 14.8 Å². The Hall–Kier alpha value is -2.08. The van der Waals surface area contributed by atoms with Gasteiger partial charge in [-0.25, -0.2) is 4.39 Å². The third-order valence-corrected chi connectivity index (χ3v) is 3.72. The highest BCUT2D eigenvalue weighted by molar-refractivity contribution is 9.10. The van der Waals surface area contributed by atoms with E-state index in [0.717, 1.165) is 4.47 Å². The van der Waals surface area contributed by atoms with Gasteiger partial charge in [0.1, 0.15) is 17.3 Å². The highest BCUT2D eigenvalue weighted by Crippen LogP contribution is 2.25. The van der Waals surface area contributed by atoms with Gasteiger partial charge in [0, 0.05) is 12.1 Å². The van der Waals surface area contributed by atoms with Crippen LogP contribution in [-0.2, 0) is 0 Å². The Morgan fingerprint density at radius 2 is 1.96 bits per heavy atom. The number of rotatable bonds is 7. The number of hydrogen-bond donors (Lipinski definition) is 1. The van der Waals surface area contributed by atoms with Crippen LogP contribution in [0.3, 0.4) is 0 Å². The van der Waals surface area contributed by atoms with Crippen LogP contribution in [0.15, 0.2) is 46.9 Å². The van der Waals surface area contributed by atoms with Gasteiger partial charge in [-0.3, -0.25) is 4.79 Å². The fraction of sp³-hybridized carbons (Fsp3) is 0.235. The molecule has 23 heavy (non-hydrogen) atoms. The lowest BCUT2D eigenvalue weighted by molar-refractivity contribution is 0.0951. The van der Waals surface area contributed by atoms with E-state index in [1.54, 1.807) is 37.4 Å². The van der Waals surface area contributed by atoms with E-state index >= 15 is 0 Å². The zero-order valence-electron chi connectivity index (χ0n) is 12.6. The molecule has 0 saturated carbocycles. The summed E-state index contributed by atoms with van der Waals surface area (Å²) in [6.07, 6.45) is 0.653. The predicted molar refractivity (Wildman–Crippen MR) is 89.5 cm³/mol. The predicted octanol–water partition coefficient (Wildman–Crippen LogP) is 3.80. The largest absolute Gasteiger partial charge is 0.496 e. The van der Waals surface area contributed by atoms with Crippen molar-refractivity contribution in [3.05, 3.63) is 58.3 Å². The topological polar surface area (TPSA) is 47.6 Å². The zero-order valence-corrected chi connectivity index (χ0v) is 14.2. The van der Waals surface area contributed by atoms with E-state index in [4.69, 9.17) is 9.47 Å². The number of halogens is 2. The quantitative estimate of drug-likeness (QED) is 0.742. The van der Waals surface area contributed by atoms with E-state index in [9.17, 15) is 9.18 Å². The summed E-state index contributed by atoms with van der Waals surface area (Å²) in [4.78, 5) is 12.0. The third-order valence-electron chi connectivity index (χ3n) is 3.10. The minimum absolute atomic E-state index is 0.157. The van der Waals surface area contributed by atoms with Crippen molar-refractivity contribution in [2.24, 2.45) is 0 Å². The van der Waals surface area contributed by atoms with Gasteiger partial charge in [0.25, 0.3) is 5.91 Å². The molecule has 0 aromatic heterocycles. The summed E-state index contributed by atoms with van der Waals surface area (Å²) in [5.41, 5.74) is 0.553. The standard InChI is InChI=1S/C17H17BrFNO3/c1-22-16-8-3-12(11-15(16)18)17(21)20-9-2-10-23-14-6-4-13(19)5-7-14/h3-8,11H,2,9-10H2,1H3,(H,20,21). The Balaban J connectivity index is 1.72. The van der Waals surface area contributed by atoms with Gasteiger partial charge >= 0.3 is 0 Å². The fourth-order valence-corrected chi connectivity index (χ4v) is 2.45.